The van der Waals surface area contributed by atoms with E-state index in [1.807, 2.05) is 32.0 Å². The molecule has 2 rings (SSSR count). The molecule has 174 valence electrons. The minimum atomic E-state index is -0.650. The van der Waals surface area contributed by atoms with Crippen molar-refractivity contribution in [1.29, 1.82) is 0 Å². The van der Waals surface area contributed by atoms with Gasteiger partial charge in [-0.2, -0.15) is 0 Å². The van der Waals surface area contributed by atoms with Gasteiger partial charge in [0.05, 0.1) is 4.47 Å². The van der Waals surface area contributed by atoms with Gasteiger partial charge in [-0.25, -0.2) is 4.39 Å². The Balaban J connectivity index is 2.21. The Labute approximate surface area is 198 Å². The maximum absolute atomic E-state index is 13.3. The van der Waals surface area contributed by atoms with Crippen molar-refractivity contribution in [2.75, 3.05) is 13.2 Å². The number of amides is 2. The first-order chi connectivity index (χ1) is 15.1. The first-order valence-electron chi connectivity index (χ1n) is 10.8. The van der Waals surface area contributed by atoms with Gasteiger partial charge in [0.15, 0.2) is 6.61 Å². The Hall–Kier alpha value is -2.41. The summed E-state index contributed by atoms with van der Waals surface area (Å²) in [6, 6.07) is 11.1. The van der Waals surface area contributed by atoms with Gasteiger partial charge in [-0.1, -0.05) is 45.9 Å². The summed E-state index contributed by atoms with van der Waals surface area (Å²) >= 11 is 3.52. The molecule has 7 heteroatoms. The Morgan fingerprint density at radius 1 is 1.12 bits per heavy atom. The summed E-state index contributed by atoms with van der Waals surface area (Å²) in [6.45, 7) is 10.5. The molecule has 0 aliphatic rings. The van der Waals surface area contributed by atoms with Crippen molar-refractivity contribution >= 4 is 27.7 Å². The molecule has 0 aromatic heterocycles. The number of carbonyl (C=O) groups excluding carboxylic acids is 2. The monoisotopic (exact) mass is 506 g/mol. The summed E-state index contributed by atoms with van der Waals surface area (Å²) in [4.78, 5) is 27.3. The van der Waals surface area contributed by atoms with Crippen LogP contribution in [0.5, 0.6) is 5.75 Å². The highest BCUT2D eigenvalue weighted by atomic mass is 79.9. The van der Waals surface area contributed by atoms with E-state index in [4.69, 9.17) is 4.74 Å². The van der Waals surface area contributed by atoms with E-state index >= 15 is 0 Å². The van der Waals surface area contributed by atoms with Crippen LogP contribution in [0.25, 0.3) is 0 Å². The summed E-state index contributed by atoms with van der Waals surface area (Å²) in [5.41, 5.74) is 1.87. The van der Waals surface area contributed by atoms with Gasteiger partial charge >= 0.3 is 0 Å². The highest BCUT2D eigenvalue weighted by Gasteiger charge is 2.29. The SMILES string of the molecule is CCNC(=O)[C@H](CC)N(Cc1ccc(F)cc1)C(=O)COc1ccc(C(C)(C)C)cc1Br. The van der Waals surface area contributed by atoms with Crippen LogP contribution in [0.4, 0.5) is 4.39 Å². The van der Waals surface area contributed by atoms with E-state index in [-0.39, 0.29) is 36.2 Å². The number of carbonyl (C=O) groups is 2. The molecular formula is C25H32BrFN2O3. The van der Waals surface area contributed by atoms with E-state index in [1.54, 1.807) is 12.1 Å². The zero-order valence-corrected chi connectivity index (χ0v) is 21.0. The van der Waals surface area contributed by atoms with Crippen LogP contribution in [-0.2, 0) is 21.5 Å². The molecule has 5 nitrogen and oxygen atoms in total. The average molecular weight is 507 g/mol. The first-order valence-corrected chi connectivity index (χ1v) is 11.6. The zero-order valence-electron chi connectivity index (χ0n) is 19.4. The lowest BCUT2D eigenvalue weighted by atomic mass is 9.87. The summed E-state index contributed by atoms with van der Waals surface area (Å²) in [5.74, 6) is -0.339. The number of nitrogens with zero attached hydrogens (tertiary/aromatic N) is 1. The van der Waals surface area contributed by atoms with Crippen LogP contribution >= 0.6 is 15.9 Å². The van der Waals surface area contributed by atoms with Gasteiger partial charge in [0.25, 0.3) is 5.91 Å². The molecule has 0 spiro atoms. The molecule has 0 aliphatic carbocycles. The molecule has 32 heavy (non-hydrogen) atoms. The summed E-state index contributed by atoms with van der Waals surface area (Å²) < 4.78 is 19.9. The second-order valence-corrected chi connectivity index (χ2v) is 9.50. The fraction of sp³-hybridized carbons (Fsp3) is 0.440. The molecule has 1 atom stereocenters. The zero-order chi connectivity index (χ0) is 23.9. The summed E-state index contributed by atoms with van der Waals surface area (Å²) in [7, 11) is 0. The van der Waals surface area contributed by atoms with Crippen molar-refractivity contribution in [3.8, 4) is 5.75 Å². The number of likely N-dealkylation sites (N-methyl/N-ethyl adjacent to an activating group) is 1. The van der Waals surface area contributed by atoms with Crippen LogP contribution in [0.15, 0.2) is 46.9 Å². The molecule has 0 fully saturated rings. The smallest absolute Gasteiger partial charge is 0.261 e. The third kappa shape index (κ3) is 7.05. The minimum Gasteiger partial charge on any atom is -0.483 e. The summed E-state index contributed by atoms with van der Waals surface area (Å²) in [5, 5.41) is 2.79. The molecule has 1 N–H and O–H groups in total. The Bertz CT molecular complexity index is 926. The number of nitrogens with one attached hydrogen (secondary N) is 1. The van der Waals surface area contributed by atoms with Crippen LogP contribution < -0.4 is 10.1 Å². The third-order valence-electron chi connectivity index (χ3n) is 5.15. The third-order valence-corrected chi connectivity index (χ3v) is 5.77. The van der Waals surface area contributed by atoms with Crippen molar-refractivity contribution < 1.29 is 18.7 Å². The first kappa shape index (κ1) is 25.8. The number of ether oxygens (including phenoxy) is 1. The van der Waals surface area contributed by atoms with Gasteiger partial charge in [0, 0.05) is 13.1 Å². The topological polar surface area (TPSA) is 58.6 Å². The Morgan fingerprint density at radius 2 is 1.78 bits per heavy atom. The van der Waals surface area contributed by atoms with E-state index in [9.17, 15) is 14.0 Å². The highest BCUT2D eigenvalue weighted by Crippen LogP contribution is 2.31. The molecule has 0 unspecified atom stereocenters. The molecule has 0 heterocycles. The van der Waals surface area contributed by atoms with Crippen molar-refractivity contribution in [3.05, 3.63) is 63.9 Å². The van der Waals surface area contributed by atoms with Crippen LogP contribution in [0, 0.1) is 5.82 Å². The van der Waals surface area contributed by atoms with E-state index in [1.165, 1.54) is 17.0 Å². The predicted molar refractivity (Wildman–Crippen MR) is 128 cm³/mol. The summed E-state index contributed by atoms with van der Waals surface area (Å²) in [6.07, 6.45) is 0.447. The lowest BCUT2D eigenvalue weighted by Crippen LogP contribution is -2.50. The van der Waals surface area contributed by atoms with Crippen molar-refractivity contribution in [2.24, 2.45) is 0 Å². The standard InChI is InChI=1S/C25H32BrFN2O3/c1-6-21(24(31)28-7-2)29(15-17-8-11-19(27)12-9-17)23(30)16-32-22-13-10-18(14-20(22)26)25(3,4)5/h8-14,21H,6-7,15-16H2,1-5H3,(H,28,31)/t21-/m0/s1. The van der Waals surface area contributed by atoms with Crippen LogP contribution in [0.2, 0.25) is 0 Å². The highest BCUT2D eigenvalue weighted by molar-refractivity contribution is 9.10. The maximum Gasteiger partial charge on any atom is 0.261 e. The van der Waals surface area contributed by atoms with E-state index < -0.39 is 6.04 Å². The van der Waals surface area contributed by atoms with Gasteiger partial charge in [-0.3, -0.25) is 9.59 Å². The second-order valence-electron chi connectivity index (χ2n) is 8.65. The van der Waals surface area contributed by atoms with E-state index in [2.05, 4.69) is 42.0 Å². The number of benzene rings is 2. The Morgan fingerprint density at radius 3 is 2.31 bits per heavy atom. The van der Waals surface area contributed by atoms with Crippen molar-refractivity contribution in [3.63, 3.8) is 0 Å². The quantitative estimate of drug-likeness (QED) is 0.507. The molecule has 0 radical (unpaired) electrons. The van der Waals surface area contributed by atoms with Crippen LogP contribution in [0.3, 0.4) is 0 Å². The maximum atomic E-state index is 13.3. The normalized spacial score (nSPS) is 12.2. The minimum absolute atomic E-state index is 0.0101. The predicted octanol–water partition coefficient (Wildman–Crippen LogP) is 5.21. The lowest BCUT2D eigenvalue weighted by molar-refractivity contribution is -0.142. The Kier molecular flexibility index (Phi) is 9.25. The van der Waals surface area contributed by atoms with Crippen LogP contribution in [-0.4, -0.2) is 35.9 Å². The molecule has 0 bridgehead atoms. The van der Waals surface area contributed by atoms with Gasteiger partial charge in [-0.15, -0.1) is 0 Å². The van der Waals surface area contributed by atoms with Crippen molar-refractivity contribution in [2.45, 2.75) is 59.0 Å². The molecule has 0 saturated carbocycles. The molecule has 0 saturated heterocycles. The molecular weight excluding hydrogens is 475 g/mol. The van der Waals surface area contributed by atoms with Gasteiger partial charge < -0.3 is 15.0 Å². The fourth-order valence-corrected chi connectivity index (χ4v) is 3.80. The number of rotatable bonds is 9. The number of hydrogen-bond donors (Lipinski definition) is 1. The molecule has 2 amide bonds. The van der Waals surface area contributed by atoms with Gasteiger partial charge in [0.1, 0.15) is 17.6 Å². The van der Waals surface area contributed by atoms with E-state index in [0.29, 0.717) is 18.7 Å². The van der Waals surface area contributed by atoms with Crippen LogP contribution in [0.1, 0.15) is 52.2 Å². The second kappa shape index (κ2) is 11.5. The lowest BCUT2D eigenvalue weighted by Gasteiger charge is -2.30. The van der Waals surface area contributed by atoms with Crippen molar-refractivity contribution in [1.82, 2.24) is 10.2 Å². The number of halogens is 2. The average Bonchev–Trinajstić information content (AvgIpc) is 2.73. The molecule has 2 aromatic rings. The largest absolute Gasteiger partial charge is 0.483 e. The molecule has 0 aliphatic heterocycles. The van der Waals surface area contributed by atoms with E-state index in [0.717, 1.165) is 15.6 Å². The fourth-order valence-electron chi connectivity index (χ4n) is 3.30. The molecule has 2 aromatic carbocycles. The van der Waals surface area contributed by atoms with Gasteiger partial charge in [-0.05, 0) is 70.1 Å². The van der Waals surface area contributed by atoms with Gasteiger partial charge in [0.2, 0.25) is 5.91 Å². The number of hydrogen-bond acceptors (Lipinski definition) is 3.